The molecule has 5 rings (SSSR count). The highest BCUT2D eigenvalue weighted by molar-refractivity contribution is 6.12. The number of nitrogens with two attached hydrogens (primary N) is 1. The van der Waals surface area contributed by atoms with E-state index in [9.17, 15) is 23.9 Å². The number of benzene rings is 2. The van der Waals surface area contributed by atoms with Crippen LogP contribution in [-0.2, 0) is 13.6 Å². The summed E-state index contributed by atoms with van der Waals surface area (Å²) in [4.78, 5) is 42.1. The van der Waals surface area contributed by atoms with Crippen molar-refractivity contribution in [3.8, 4) is 22.4 Å². The van der Waals surface area contributed by atoms with Gasteiger partial charge in [-0.05, 0) is 61.7 Å². The Morgan fingerprint density at radius 2 is 1.78 bits per heavy atom. The maximum Gasteiger partial charge on any atom is 0.290 e. The van der Waals surface area contributed by atoms with Gasteiger partial charge in [0.15, 0.2) is 5.69 Å². The Hall–Kier alpha value is -5.03. The van der Waals surface area contributed by atoms with Gasteiger partial charge < -0.3 is 25.2 Å². The van der Waals surface area contributed by atoms with Crippen LogP contribution >= 0.6 is 0 Å². The molecule has 0 fully saturated rings. The predicted molar refractivity (Wildman–Crippen MR) is 152 cm³/mol. The van der Waals surface area contributed by atoms with Crippen molar-refractivity contribution in [2.24, 2.45) is 12.8 Å². The summed E-state index contributed by atoms with van der Waals surface area (Å²) in [5.74, 6) is -1.78. The summed E-state index contributed by atoms with van der Waals surface area (Å²) in [5.41, 5.74) is 8.97. The fraction of sp³-hybridized carbons (Fsp3) is 0.200. The highest BCUT2D eigenvalue weighted by Crippen LogP contribution is 2.33. The number of hydrogen-bond acceptors (Lipinski definition) is 6. The first-order chi connectivity index (χ1) is 19.6. The van der Waals surface area contributed by atoms with E-state index < -0.39 is 17.6 Å². The van der Waals surface area contributed by atoms with Crippen LogP contribution in [0.25, 0.3) is 33.3 Å². The summed E-state index contributed by atoms with van der Waals surface area (Å²) in [6.07, 6.45) is 0.425. The molecule has 5 aromatic rings. The zero-order valence-corrected chi connectivity index (χ0v) is 22.7. The minimum Gasteiger partial charge on any atom is -0.396 e. The highest BCUT2D eigenvalue weighted by atomic mass is 19.1. The SMILES string of the molecule is Cc1cc2cc(-c3ccc(-c4c(C)on(C)c4=O)cc3)n(CCCO)c2c(C(=O)Nc2ccc(F)c(C(N)=O)c2)n1. The molecular formula is C30H28FN5O5. The topological polar surface area (TPSA) is 145 Å². The molecule has 0 radical (unpaired) electrons. The molecule has 0 aliphatic heterocycles. The predicted octanol–water partition coefficient (Wildman–Crippen LogP) is 4.15. The molecule has 2 aromatic carbocycles. The summed E-state index contributed by atoms with van der Waals surface area (Å²) in [6.45, 7) is 3.84. The van der Waals surface area contributed by atoms with E-state index >= 15 is 0 Å². The van der Waals surface area contributed by atoms with Crippen LogP contribution in [0.3, 0.4) is 0 Å². The molecule has 0 atom stereocenters. The number of carbonyl (C=O) groups excluding carboxylic acids is 2. The fourth-order valence-corrected chi connectivity index (χ4v) is 5.01. The molecule has 0 unspecified atom stereocenters. The van der Waals surface area contributed by atoms with Crippen molar-refractivity contribution in [2.75, 3.05) is 11.9 Å². The number of aryl methyl sites for hydroxylation is 4. The average Bonchev–Trinajstić information content (AvgIpc) is 3.42. The van der Waals surface area contributed by atoms with Crippen LogP contribution in [0, 0.1) is 19.7 Å². The van der Waals surface area contributed by atoms with Gasteiger partial charge in [-0.2, -0.15) is 4.74 Å². The number of carbonyl (C=O) groups is 2. The number of hydrogen-bond donors (Lipinski definition) is 3. The molecule has 210 valence electrons. The highest BCUT2D eigenvalue weighted by Gasteiger charge is 2.22. The zero-order chi connectivity index (χ0) is 29.4. The van der Waals surface area contributed by atoms with Crippen molar-refractivity contribution < 1.29 is 23.6 Å². The summed E-state index contributed by atoms with van der Waals surface area (Å²) in [6, 6.07) is 14.8. The molecule has 2 amide bonds. The van der Waals surface area contributed by atoms with Crippen LogP contribution in [0.15, 0.2) is 63.9 Å². The second-order valence-electron chi connectivity index (χ2n) is 9.72. The van der Waals surface area contributed by atoms with Crippen LogP contribution in [0.1, 0.15) is 38.7 Å². The number of nitrogens with one attached hydrogen (secondary N) is 1. The zero-order valence-electron chi connectivity index (χ0n) is 22.7. The number of primary amides is 1. The maximum atomic E-state index is 14.0. The second kappa shape index (κ2) is 10.9. The molecule has 3 aromatic heterocycles. The number of anilines is 1. The standard InChI is InChI=1S/C30H28FN5O5/c1-16-13-20-14-24(18-5-7-19(8-6-18)25-17(2)41-35(3)30(25)40)36(11-4-12-37)27(20)26(33-16)29(39)34-21-9-10-23(31)22(15-21)28(32)38/h5-10,13-15,37H,4,11-12H2,1-3H3,(H2,32,38)(H,34,39). The lowest BCUT2D eigenvalue weighted by molar-refractivity contribution is 0.0992. The average molecular weight is 558 g/mol. The van der Waals surface area contributed by atoms with Crippen molar-refractivity contribution in [1.82, 2.24) is 14.3 Å². The number of rotatable bonds is 8. The summed E-state index contributed by atoms with van der Waals surface area (Å²) < 4.78 is 22.5. The molecule has 0 spiro atoms. The van der Waals surface area contributed by atoms with Crippen molar-refractivity contribution in [3.63, 3.8) is 0 Å². The number of aliphatic hydroxyl groups is 1. The van der Waals surface area contributed by atoms with Crippen LogP contribution in [0.5, 0.6) is 0 Å². The number of halogens is 1. The Morgan fingerprint density at radius 1 is 1.07 bits per heavy atom. The van der Waals surface area contributed by atoms with Gasteiger partial charge in [0.2, 0.25) is 0 Å². The number of aromatic nitrogens is 3. The second-order valence-corrected chi connectivity index (χ2v) is 9.72. The largest absolute Gasteiger partial charge is 0.396 e. The monoisotopic (exact) mass is 557 g/mol. The van der Waals surface area contributed by atoms with Gasteiger partial charge in [-0.3, -0.25) is 14.4 Å². The van der Waals surface area contributed by atoms with Crippen LogP contribution in [0.2, 0.25) is 0 Å². The first-order valence-electron chi connectivity index (χ1n) is 12.9. The Morgan fingerprint density at radius 3 is 2.41 bits per heavy atom. The van der Waals surface area contributed by atoms with E-state index in [0.717, 1.165) is 22.7 Å². The summed E-state index contributed by atoms with van der Waals surface area (Å²) in [5, 5.41) is 13.1. The van der Waals surface area contributed by atoms with Gasteiger partial charge in [0.1, 0.15) is 11.6 Å². The van der Waals surface area contributed by atoms with Crippen LogP contribution in [-0.4, -0.2) is 37.8 Å². The van der Waals surface area contributed by atoms with Crippen molar-refractivity contribution in [1.29, 1.82) is 0 Å². The minimum atomic E-state index is -0.952. The van der Waals surface area contributed by atoms with E-state index in [0.29, 0.717) is 41.1 Å². The number of nitrogens with zero attached hydrogens (tertiary/aromatic N) is 3. The van der Waals surface area contributed by atoms with Gasteiger partial charge in [0.05, 0.1) is 16.6 Å². The molecule has 11 heteroatoms. The Bertz CT molecular complexity index is 1870. The lowest BCUT2D eigenvalue weighted by Gasteiger charge is -2.14. The van der Waals surface area contributed by atoms with Crippen LogP contribution < -0.4 is 16.6 Å². The minimum absolute atomic E-state index is 0.0621. The molecule has 3 heterocycles. The van der Waals surface area contributed by atoms with E-state index in [2.05, 4.69) is 10.3 Å². The number of fused-ring (bicyclic) bond motifs is 1. The lowest BCUT2D eigenvalue weighted by atomic mass is 10.0. The summed E-state index contributed by atoms with van der Waals surface area (Å²) in [7, 11) is 1.56. The first kappa shape index (κ1) is 27.5. The maximum absolute atomic E-state index is 14.0. The molecule has 10 nitrogen and oxygen atoms in total. The Balaban J connectivity index is 1.60. The van der Waals surface area contributed by atoms with E-state index in [1.54, 1.807) is 20.9 Å². The van der Waals surface area contributed by atoms with Crippen LogP contribution in [0.4, 0.5) is 10.1 Å². The van der Waals surface area contributed by atoms with Crippen molar-refractivity contribution in [2.45, 2.75) is 26.8 Å². The van der Waals surface area contributed by atoms with Gasteiger partial charge in [-0.25, -0.2) is 9.37 Å². The quantitative estimate of drug-likeness (QED) is 0.261. The normalized spacial score (nSPS) is 11.2. The molecule has 0 aliphatic carbocycles. The molecule has 4 N–H and O–H groups in total. The first-order valence-corrected chi connectivity index (χ1v) is 12.9. The molecular weight excluding hydrogens is 529 g/mol. The van der Waals surface area contributed by atoms with Gasteiger partial charge in [0, 0.05) is 42.7 Å². The van der Waals surface area contributed by atoms with E-state index in [1.807, 2.05) is 41.0 Å². The molecule has 0 saturated carbocycles. The van der Waals surface area contributed by atoms with E-state index in [-0.39, 0.29) is 29.1 Å². The molecule has 0 aliphatic rings. The molecule has 0 saturated heterocycles. The van der Waals surface area contributed by atoms with Gasteiger partial charge in [-0.1, -0.05) is 24.3 Å². The van der Waals surface area contributed by atoms with Gasteiger partial charge in [-0.15, -0.1) is 0 Å². The number of aliphatic hydroxyl groups excluding tert-OH is 1. The van der Waals surface area contributed by atoms with Crippen molar-refractivity contribution >= 4 is 28.4 Å². The third-order valence-electron chi connectivity index (χ3n) is 6.84. The fourth-order valence-electron chi connectivity index (χ4n) is 5.01. The van der Waals surface area contributed by atoms with E-state index in [4.69, 9.17) is 10.3 Å². The molecule has 41 heavy (non-hydrogen) atoms. The number of amides is 2. The Kier molecular flexibility index (Phi) is 7.29. The Labute approximate surface area is 233 Å². The third kappa shape index (κ3) is 5.14. The van der Waals surface area contributed by atoms with Crippen molar-refractivity contribution in [3.05, 3.63) is 93.5 Å². The van der Waals surface area contributed by atoms with Gasteiger partial charge in [0.25, 0.3) is 17.4 Å². The smallest absolute Gasteiger partial charge is 0.290 e. The van der Waals surface area contributed by atoms with Gasteiger partial charge >= 0.3 is 0 Å². The van der Waals surface area contributed by atoms with E-state index in [1.165, 1.54) is 16.9 Å². The lowest BCUT2D eigenvalue weighted by Crippen LogP contribution is -2.18. The summed E-state index contributed by atoms with van der Waals surface area (Å²) >= 11 is 0. The third-order valence-corrected chi connectivity index (χ3v) is 6.84. The molecule has 0 bridgehead atoms. The number of pyridine rings is 1.